The molecule has 0 bridgehead atoms. The normalized spacial score (nSPS) is 10.9. The molecule has 1 N–H and O–H groups in total. The van der Waals surface area contributed by atoms with Crippen LogP contribution in [0.25, 0.3) is 0 Å². The number of benzene rings is 2. The first-order chi connectivity index (χ1) is 12.9. The summed E-state index contributed by atoms with van der Waals surface area (Å²) < 4.78 is 30.5. The van der Waals surface area contributed by atoms with Gasteiger partial charge in [-0.05, 0) is 43.7 Å². The highest BCUT2D eigenvalue weighted by molar-refractivity contribution is 6.04. The molecule has 140 valence electrons. The number of carbonyl (C=O) groups excluding carboxylic acids is 1. The molecule has 0 aliphatic heterocycles. The van der Waals surface area contributed by atoms with Crippen molar-refractivity contribution in [1.82, 2.24) is 9.78 Å². The second kappa shape index (κ2) is 7.99. The van der Waals surface area contributed by atoms with Crippen molar-refractivity contribution in [1.29, 1.82) is 0 Å². The van der Waals surface area contributed by atoms with Gasteiger partial charge in [-0.15, -0.1) is 0 Å². The van der Waals surface area contributed by atoms with E-state index in [0.717, 1.165) is 11.3 Å². The molecular weight excluding hydrogens is 352 g/mol. The highest BCUT2D eigenvalue weighted by Crippen LogP contribution is 2.22. The van der Waals surface area contributed by atoms with Crippen molar-refractivity contribution in [2.45, 2.75) is 27.0 Å². The lowest BCUT2D eigenvalue weighted by Gasteiger charge is -2.08. The smallest absolute Gasteiger partial charge is 0.387 e. The maximum absolute atomic E-state index is 12.5. The molecule has 0 atom stereocenters. The fourth-order valence-corrected chi connectivity index (χ4v) is 2.76. The van der Waals surface area contributed by atoms with E-state index in [1.807, 2.05) is 48.9 Å². The number of rotatable bonds is 6. The van der Waals surface area contributed by atoms with Crippen LogP contribution in [-0.2, 0) is 6.54 Å². The Morgan fingerprint density at radius 1 is 1.11 bits per heavy atom. The number of anilines is 1. The molecule has 3 rings (SSSR count). The van der Waals surface area contributed by atoms with Gasteiger partial charge in [-0.2, -0.15) is 13.9 Å². The zero-order chi connectivity index (χ0) is 19.4. The molecule has 2 aromatic carbocycles. The molecule has 0 saturated carbocycles. The molecule has 0 spiro atoms. The minimum absolute atomic E-state index is 0.00425. The molecule has 7 heteroatoms. The maximum Gasteiger partial charge on any atom is 0.387 e. The Morgan fingerprint density at radius 3 is 2.41 bits per heavy atom. The first-order valence-electron chi connectivity index (χ1n) is 8.38. The van der Waals surface area contributed by atoms with Crippen molar-refractivity contribution in [3.05, 3.63) is 77.1 Å². The minimum Gasteiger partial charge on any atom is -0.435 e. The first kappa shape index (κ1) is 18.6. The van der Waals surface area contributed by atoms with Gasteiger partial charge in [0.2, 0.25) is 0 Å². The second-order valence-corrected chi connectivity index (χ2v) is 6.05. The summed E-state index contributed by atoms with van der Waals surface area (Å²) in [6.45, 7) is 1.41. The average molecular weight is 371 g/mol. The molecule has 0 fully saturated rings. The minimum atomic E-state index is -2.90. The Balaban J connectivity index is 1.74. The SMILES string of the molecule is Cc1nn(Cc2ccccc2)c(C)c1NC(=O)c1ccc(OC(F)F)cc1. The van der Waals surface area contributed by atoms with Crippen LogP contribution in [0.3, 0.4) is 0 Å². The molecule has 5 nitrogen and oxygen atoms in total. The van der Waals surface area contributed by atoms with Crippen LogP contribution in [0.4, 0.5) is 14.5 Å². The van der Waals surface area contributed by atoms with E-state index in [1.165, 1.54) is 24.3 Å². The van der Waals surface area contributed by atoms with Crippen LogP contribution in [0.1, 0.15) is 27.3 Å². The van der Waals surface area contributed by atoms with Crippen LogP contribution in [-0.4, -0.2) is 22.3 Å². The molecule has 0 aliphatic rings. The lowest BCUT2D eigenvalue weighted by molar-refractivity contribution is -0.0498. The summed E-state index contributed by atoms with van der Waals surface area (Å²) in [5, 5.41) is 7.35. The number of ether oxygens (including phenoxy) is 1. The quantitative estimate of drug-likeness (QED) is 0.699. The number of halogens is 2. The van der Waals surface area contributed by atoms with E-state index in [4.69, 9.17) is 0 Å². The van der Waals surface area contributed by atoms with Gasteiger partial charge in [0, 0.05) is 5.56 Å². The van der Waals surface area contributed by atoms with E-state index >= 15 is 0 Å². The van der Waals surface area contributed by atoms with E-state index in [0.29, 0.717) is 23.5 Å². The van der Waals surface area contributed by atoms with Crippen molar-refractivity contribution in [2.24, 2.45) is 0 Å². The third-order valence-electron chi connectivity index (χ3n) is 4.14. The predicted octanol–water partition coefficient (Wildman–Crippen LogP) is 4.40. The number of amides is 1. The van der Waals surface area contributed by atoms with Gasteiger partial charge in [-0.25, -0.2) is 0 Å². The molecular formula is C20H19F2N3O2. The zero-order valence-electron chi connectivity index (χ0n) is 14.9. The summed E-state index contributed by atoms with van der Waals surface area (Å²) in [5.74, 6) is -0.339. The monoisotopic (exact) mass is 371 g/mol. The highest BCUT2D eigenvalue weighted by atomic mass is 19.3. The highest BCUT2D eigenvalue weighted by Gasteiger charge is 2.16. The molecule has 0 radical (unpaired) electrons. The van der Waals surface area contributed by atoms with Crippen LogP contribution in [0.15, 0.2) is 54.6 Å². The van der Waals surface area contributed by atoms with Gasteiger partial charge >= 0.3 is 6.61 Å². The summed E-state index contributed by atoms with van der Waals surface area (Å²) in [4.78, 5) is 12.5. The summed E-state index contributed by atoms with van der Waals surface area (Å²) in [6.07, 6.45) is 0. The van der Waals surface area contributed by atoms with Crippen LogP contribution in [0.5, 0.6) is 5.75 Å². The molecule has 0 unspecified atom stereocenters. The van der Waals surface area contributed by atoms with Crippen LogP contribution in [0, 0.1) is 13.8 Å². The van der Waals surface area contributed by atoms with E-state index in [1.54, 1.807) is 0 Å². The number of aromatic nitrogens is 2. The lowest BCUT2D eigenvalue weighted by Crippen LogP contribution is -2.13. The van der Waals surface area contributed by atoms with Crippen LogP contribution < -0.4 is 10.1 Å². The van der Waals surface area contributed by atoms with Gasteiger partial charge in [0.25, 0.3) is 5.91 Å². The summed E-state index contributed by atoms with van der Waals surface area (Å²) in [5.41, 5.74) is 3.63. The van der Waals surface area contributed by atoms with Crippen molar-refractivity contribution in [3.63, 3.8) is 0 Å². The number of carbonyl (C=O) groups is 1. The van der Waals surface area contributed by atoms with Gasteiger partial charge in [-0.1, -0.05) is 30.3 Å². The standard InChI is InChI=1S/C20H19F2N3O2/c1-13-18(14(2)25(24-13)12-15-6-4-3-5-7-15)23-19(26)16-8-10-17(11-9-16)27-20(21)22/h3-11,20H,12H2,1-2H3,(H,23,26). The third-order valence-corrected chi connectivity index (χ3v) is 4.14. The fraction of sp³-hybridized carbons (Fsp3) is 0.200. The molecule has 3 aromatic rings. The number of alkyl halides is 2. The molecule has 1 heterocycles. The molecule has 0 saturated heterocycles. The van der Waals surface area contributed by atoms with Gasteiger partial charge in [0.1, 0.15) is 5.75 Å². The van der Waals surface area contributed by atoms with E-state index in [9.17, 15) is 13.6 Å². The topological polar surface area (TPSA) is 56.2 Å². The van der Waals surface area contributed by atoms with Crippen LogP contribution >= 0.6 is 0 Å². The van der Waals surface area contributed by atoms with Gasteiger partial charge in [-0.3, -0.25) is 9.48 Å². The lowest BCUT2D eigenvalue weighted by atomic mass is 10.2. The number of hydrogen-bond acceptors (Lipinski definition) is 3. The Hall–Kier alpha value is -3.22. The maximum atomic E-state index is 12.5. The van der Waals surface area contributed by atoms with Crippen LogP contribution in [0.2, 0.25) is 0 Å². The van der Waals surface area contributed by atoms with Crippen molar-refractivity contribution in [3.8, 4) is 5.75 Å². The fourth-order valence-electron chi connectivity index (χ4n) is 2.76. The molecule has 1 aromatic heterocycles. The summed E-state index contributed by atoms with van der Waals surface area (Å²) in [7, 11) is 0. The Bertz CT molecular complexity index is 922. The average Bonchev–Trinajstić information content (AvgIpc) is 2.90. The number of hydrogen-bond donors (Lipinski definition) is 1. The number of aryl methyl sites for hydroxylation is 1. The third kappa shape index (κ3) is 4.49. The van der Waals surface area contributed by atoms with Gasteiger partial charge < -0.3 is 10.1 Å². The van der Waals surface area contributed by atoms with Gasteiger partial charge in [0.15, 0.2) is 0 Å². The largest absolute Gasteiger partial charge is 0.435 e. The second-order valence-electron chi connectivity index (χ2n) is 6.05. The Labute approximate surface area is 155 Å². The van der Waals surface area contributed by atoms with Crippen molar-refractivity contribution < 1.29 is 18.3 Å². The van der Waals surface area contributed by atoms with Gasteiger partial charge in [0.05, 0.1) is 23.6 Å². The van der Waals surface area contributed by atoms with Crippen molar-refractivity contribution >= 4 is 11.6 Å². The van der Waals surface area contributed by atoms with E-state index in [-0.39, 0.29) is 11.7 Å². The predicted molar refractivity (Wildman–Crippen MR) is 98.3 cm³/mol. The Kier molecular flexibility index (Phi) is 5.49. The van der Waals surface area contributed by atoms with E-state index in [2.05, 4.69) is 15.2 Å². The molecule has 1 amide bonds. The summed E-state index contributed by atoms with van der Waals surface area (Å²) >= 11 is 0. The zero-order valence-corrected chi connectivity index (χ0v) is 14.9. The number of nitrogens with one attached hydrogen (secondary N) is 1. The van der Waals surface area contributed by atoms with Crippen molar-refractivity contribution in [2.75, 3.05) is 5.32 Å². The molecule has 0 aliphatic carbocycles. The first-order valence-corrected chi connectivity index (χ1v) is 8.38. The summed E-state index contributed by atoms with van der Waals surface area (Å²) in [6, 6.07) is 15.4. The Morgan fingerprint density at radius 2 is 1.78 bits per heavy atom. The number of nitrogens with zero attached hydrogens (tertiary/aromatic N) is 2. The molecule has 27 heavy (non-hydrogen) atoms. The van der Waals surface area contributed by atoms with E-state index < -0.39 is 6.61 Å².